The highest BCUT2D eigenvalue weighted by atomic mass is 32.2. The minimum Gasteiger partial charge on any atom is -0.357 e. The molecular weight excluding hydrogens is 252 g/mol. The minimum absolute atomic E-state index is 0.146. The average Bonchev–Trinajstić information content (AvgIpc) is 2.34. The predicted molar refractivity (Wildman–Crippen MR) is 76.4 cm³/mol. The number of hydrogen-bond donors (Lipinski definition) is 2. The maximum atomic E-state index is 11.5. The summed E-state index contributed by atoms with van der Waals surface area (Å²) >= 11 is 0. The van der Waals surface area contributed by atoms with E-state index in [4.69, 9.17) is 0 Å². The van der Waals surface area contributed by atoms with Gasteiger partial charge in [0.2, 0.25) is 10.0 Å². The van der Waals surface area contributed by atoms with Gasteiger partial charge in [0.1, 0.15) is 0 Å². The van der Waals surface area contributed by atoms with Crippen molar-refractivity contribution >= 4 is 16.0 Å². The van der Waals surface area contributed by atoms with E-state index in [2.05, 4.69) is 15.6 Å². The minimum atomic E-state index is -3.07. The summed E-state index contributed by atoms with van der Waals surface area (Å²) in [5, 5.41) is 6.24. The SMILES string of the molecule is CCNC(=NCCCN(C)S(=O)(=O)CC)NCC. The van der Waals surface area contributed by atoms with E-state index in [1.54, 1.807) is 14.0 Å². The molecule has 0 aromatic carbocycles. The Morgan fingerprint density at radius 3 is 2.17 bits per heavy atom. The van der Waals surface area contributed by atoms with E-state index < -0.39 is 10.0 Å². The first kappa shape index (κ1) is 17.2. The zero-order valence-electron chi connectivity index (χ0n) is 11.9. The number of hydrogen-bond acceptors (Lipinski definition) is 3. The maximum absolute atomic E-state index is 11.5. The molecule has 0 fully saturated rings. The van der Waals surface area contributed by atoms with Crippen molar-refractivity contribution in [3.63, 3.8) is 0 Å². The summed E-state index contributed by atoms with van der Waals surface area (Å²) in [6.07, 6.45) is 0.718. The van der Waals surface area contributed by atoms with E-state index in [0.717, 1.165) is 25.5 Å². The van der Waals surface area contributed by atoms with Gasteiger partial charge in [-0.2, -0.15) is 0 Å². The second-order valence-electron chi connectivity index (χ2n) is 3.87. The predicted octanol–water partition coefficient (Wildman–Crippen LogP) is 0.233. The summed E-state index contributed by atoms with van der Waals surface area (Å²) in [6.45, 7) is 8.41. The molecule has 0 aliphatic carbocycles. The summed E-state index contributed by atoms with van der Waals surface area (Å²) in [5.41, 5.74) is 0. The first-order chi connectivity index (χ1) is 8.47. The molecule has 0 aliphatic rings. The van der Waals surface area contributed by atoms with Gasteiger partial charge in [-0.1, -0.05) is 0 Å². The highest BCUT2D eigenvalue weighted by molar-refractivity contribution is 7.89. The molecule has 0 aliphatic heterocycles. The molecule has 0 heterocycles. The molecule has 0 aromatic rings. The van der Waals surface area contributed by atoms with Gasteiger partial charge < -0.3 is 10.6 Å². The molecule has 0 saturated heterocycles. The van der Waals surface area contributed by atoms with Crippen LogP contribution in [0.3, 0.4) is 0 Å². The summed E-state index contributed by atoms with van der Waals surface area (Å²) in [5.74, 6) is 0.924. The van der Waals surface area contributed by atoms with E-state index in [-0.39, 0.29) is 5.75 Å². The fraction of sp³-hybridized carbons (Fsp3) is 0.909. The Kier molecular flexibility index (Phi) is 8.74. The molecule has 0 spiro atoms. The van der Waals surface area contributed by atoms with Gasteiger partial charge in [0.25, 0.3) is 0 Å². The number of sulfonamides is 1. The van der Waals surface area contributed by atoms with Crippen LogP contribution in [0.1, 0.15) is 27.2 Å². The molecule has 18 heavy (non-hydrogen) atoms. The van der Waals surface area contributed by atoms with Gasteiger partial charge >= 0.3 is 0 Å². The lowest BCUT2D eigenvalue weighted by Crippen LogP contribution is -2.37. The van der Waals surface area contributed by atoms with Crippen LogP contribution in [0.25, 0.3) is 0 Å². The van der Waals surface area contributed by atoms with Crippen molar-refractivity contribution in [2.45, 2.75) is 27.2 Å². The zero-order valence-corrected chi connectivity index (χ0v) is 12.7. The number of guanidine groups is 1. The highest BCUT2D eigenvalue weighted by Gasteiger charge is 2.13. The summed E-state index contributed by atoms with van der Waals surface area (Å²) in [4.78, 5) is 4.36. The Bertz CT molecular complexity index is 333. The number of aliphatic imine (C=N–C) groups is 1. The van der Waals surface area contributed by atoms with Crippen LogP contribution in [0.5, 0.6) is 0 Å². The molecular formula is C11H26N4O2S. The van der Waals surface area contributed by atoms with Gasteiger partial charge in [-0.05, 0) is 27.2 Å². The van der Waals surface area contributed by atoms with Crippen molar-refractivity contribution in [2.24, 2.45) is 4.99 Å². The molecule has 0 rings (SSSR count). The largest absolute Gasteiger partial charge is 0.357 e. The molecule has 2 N–H and O–H groups in total. The van der Waals surface area contributed by atoms with Gasteiger partial charge in [0.15, 0.2) is 5.96 Å². The van der Waals surface area contributed by atoms with Crippen LogP contribution in [-0.4, -0.2) is 57.7 Å². The summed E-state index contributed by atoms with van der Waals surface area (Å²) < 4.78 is 24.4. The second kappa shape index (κ2) is 9.16. The van der Waals surface area contributed by atoms with Crippen molar-refractivity contribution < 1.29 is 8.42 Å². The monoisotopic (exact) mass is 278 g/mol. The standard InChI is InChI=1S/C11H26N4O2S/c1-5-12-11(13-6-2)14-9-8-10-15(4)18(16,17)7-3/h5-10H2,1-4H3,(H2,12,13,14). The van der Waals surface area contributed by atoms with Crippen LogP contribution in [0.15, 0.2) is 4.99 Å². The topological polar surface area (TPSA) is 73.8 Å². The van der Waals surface area contributed by atoms with Gasteiger partial charge in [0.05, 0.1) is 5.75 Å². The quantitative estimate of drug-likeness (QED) is 0.379. The third-order valence-corrected chi connectivity index (χ3v) is 4.29. The van der Waals surface area contributed by atoms with E-state index in [1.165, 1.54) is 4.31 Å². The molecule has 0 atom stereocenters. The first-order valence-corrected chi connectivity index (χ1v) is 8.05. The maximum Gasteiger partial charge on any atom is 0.213 e. The van der Waals surface area contributed by atoms with Gasteiger partial charge in [-0.25, -0.2) is 12.7 Å². The van der Waals surface area contributed by atoms with Crippen LogP contribution in [0.4, 0.5) is 0 Å². The second-order valence-corrected chi connectivity index (χ2v) is 6.23. The normalized spacial score (nSPS) is 11.4. The first-order valence-electron chi connectivity index (χ1n) is 6.44. The third-order valence-electron chi connectivity index (χ3n) is 2.43. The van der Waals surface area contributed by atoms with Crippen molar-refractivity contribution in [1.82, 2.24) is 14.9 Å². The van der Waals surface area contributed by atoms with Crippen LogP contribution < -0.4 is 10.6 Å². The van der Waals surface area contributed by atoms with Crippen LogP contribution in [-0.2, 0) is 10.0 Å². The molecule has 108 valence electrons. The molecule has 0 radical (unpaired) electrons. The van der Waals surface area contributed by atoms with E-state index in [1.807, 2.05) is 13.8 Å². The van der Waals surface area contributed by atoms with Crippen molar-refractivity contribution in [2.75, 3.05) is 39.0 Å². The van der Waals surface area contributed by atoms with Gasteiger partial charge in [0, 0.05) is 33.2 Å². The van der Waals surface area contributed by atoms with Crippen LogP contribution in [0, 0.1) is 0 Å². The van der Waals surface area contributed by atoms with E-state index in [9.17, 15) is 8.42 Å². The van der Waals surface area contributed by atoms with Crippen molar-refractivity contribution in [3.05, 3.63) is 0 Å². The van der Waals surface area contributed by atoms with Crippen molar-refractivity contribution in [1.29, 1.82) is 0 Å². The van der Waals surface area contributed by atoms with Gasteiger partial charge in [-0.15, -0.1) is 0 Å². The zero-order chi connectivity index (χ0) is 14.0. The van der Waals surface area contributed by atoms with Crippen LogP contribution in [0.2, 0.25) is 0 Å². The lowest BCUT2D eigenvalue weighted by Gasteiger charge is -2.15. The highest BCUT2D eigenvalue weighted by Crippen LogP contribution is 1.98. The average molecular weight is 278 g/mol. The lowest BCUT2D eigenvalue weighted by molar-refractivity contribution is 0.465. The van der Waals surface area contributed by atoms with Crippen LogP contribution >= 0.6 is 0 Å². The Balaban J connectivity index is 4.06. The van der Waals surface area contributed by atoms with E-state index >= 15 is 0 Å². The van der Waals surface area contributed by atoms with Gasteiger partial charge in [-0.3, -0.25) is 4.99 Å². The molecule has 6 nitrogen and oxygen atoms in total. The smallest absolute Gasteiger partial charge is 0.213 e. The Labute approximate surface area is 111 Å². The third kappa shape index (κ3) is 6.80. The summed E-state index contributed by atoms with van der Waals surface area (Å²) in [7, 11) is -1.46. The molecule has 0 bridgehead atoms. The Morgan fingerprint density at radius 2 is 1.72 bits per heavy atom. The fourth-order valence-electron chi connectivity index (χ4n) is 1.35. The summed E-state index contributed by atoms with van der Waals surface area (Å²) in [6, 6.07) is 0. The number of nitrogens with one attached hydrogen (secondary N) is 2. The molecule has 0 aromatic heterocycles. The van der Waals surface area contributed by atoms with E-state index in [0.29, 0.717) is 13.1 Å². The number of rotatable bonds is 8. The molecule has 7 heteroatoms. The Morgan fingerprint density at radius 1 is 1.17 bits per heavy atom. The molecule has 0 amide bonds. The Hall–Kier alpha value is -0.820. The molecule has 0 unspecified atom stereocenters. The lowest BCUT2D eigenvalue weighted by atomic mass is 10.4. The number of nitrogens with zero attached hydrogens (tertiary/aromatic N) is 2. The fourth-order valence-corrected chi connectivity index (χ4v) is 2.20. The molecule has 0 saturated carbocycles. The van der Waals surface area contributed by atoms with Crippen molar-refractivity contribution in [3.8, 4) is 0 Å².